The molecule has 8 nitrogen and oxygen atoms in total. The molecule has 0 saturated carbocycles. The van der Waals surface area contributed by atoms with Crippen molar-refractivity contribution in [3.8, 4) is 0 Å². The Balaban J connectivity index is 1.44. The average Bonchev–Trinajstić information content (AvgIpc) is 3.08. The fourth-order valence-corrected chi connectivity index (χ4v) is 3.03. The summed E-state index contributed by atoms with van der Waals surface area (Å²) in [4.78, 5) is 20.8. The highest BCUT2D eigenvalue weighted by atomic mass is 16.1. The van der Waals surface area contributed by atoms with Crippen molar-refractivity contribution in [1.29, 1.82) is 0 Å². The number of anilines is 1. The van der Waals surface area contributed by atoms with E-state index in [4.69, 9.17) is 0 Å². The van der Waals surface area contributed by atoms with E-state index in [1.165, 1.54) is 0 Å². The Morgan fingerprint density at radius 2 is 2.00 bits per heavy atom. The van der Waals surface area contributed by atoms with E-state index in [2.05, 4.69) is 25.0 Å². The molecule has 24 heavy (non-hydrogen) atoms. The number of hydrogen-bond acceptors (Lipinski definition) is 6. The highest BCUT2D eigenvalue weighted by Crippen LogP contribution is 2.18. The van der Waals surface area contributed by atoms with Crippen LogP contribution in [0.3, 0.4) is 0 Å². The minimum absolute atomic E-state index is 0.0359. The number of hydrogen-bond donors (Lipinski definition) is 0. The summed E-state index contributed by atoms with van der Waals surface area (Å²) in [6.45, 7) is 4.40. The van der Waals surface area contributed by atoms with E-state index in [0.29, 0.717) is 0 Å². The van der Waals surface area contributed by atoms with Crippen LogP contribution in [-0.4, -0.2) is 55.2 Å². The predicted molar refractivity (Wildman–Crippen MR) is 90.0 cm³/mol. The van der Waals surface area contributed by atoms with Crippen LogP contribution in [0.4, 0.5) is 5.82 Å². The van der Waals surface area contributed by atoms with Crippen molar-refractivity contribution >= 4 is 11.5 Å². The lowest BCUT2D eigenvalue weighted by Gasteiger charge is -2.35. The van der Waals surface area contributed by atoms with Gasteiger partial charge in [-0.25, -0.2) is 4.98 Å². The lowest BCUT2D eigenvalue weighted by Crippen LogP contribution is -2.46. The number of rotatable bonds is 3. The average molecular weight is 325 g/mol. The lowest BCUT2D eigenvalue weighted by molar-refractivity contribution is 0.249. The van der Waals surface area contributed by atoms with E-state index < -0.39 is 0 Å². The van der Waals surface area contributed by atoms with Gasteiger partial charge in [-0.15, -0.1) is 10.2 Å². The molecule has 0 bridgehead atoms. The Kier molecular flexibility index (Phi) is 3.73. The standard InChI is InChI=1S/C16H19N7O/c1-20-4-2-13(10-14(20)24)11-21-6-8-22(9-7-21)15-16-19-18-12-23(16)5-3-17-15/h2-5,10,12H,6-9,11H2,1H3. The van der Waals surface area contributed by atoms with Crippen LogP contribution < -0.4 is 10.5 Å². The zero-order valence-electron chi connectivity index (χ0n) is 13.5. The van der Waals surface area contributed by atoms with Gasteiger partial charge in [0, 0.05) is 64.4 Å². The van der Waals surface area contributed by atoms with Gasteiger partial charge in [-0.2, -0.15) is 0 Å². The first kappa shape index (κ1) is 14.8. The zero-order chi connectivity index (χ0) is 16.5. The van der Waals surface area contributed by atoms with Crippen LogP contribution in [0.5, 0.6) is 0 Å². The minimum atomic E-state index is 0.0359. The molecule has 1 aliphatic rings. The SMILES string of the molecule is Cn1ccc(CN2CCN(c3nccn4cnnc34)CC2)cc1=O. The third-order valence-corrected chi connectivity index (χ3v) is 4.44. The van der Waals surface area contributed by atoms with Crippen molar-refractivity contribution in [2.45, 2.75) is 6.54 Å². The summed E-state index contributed by atoms with van der Waals surface area (Å²) in [7, 11) is 1.77. The van der Waals surface area contributed by atoms with Gasteiger partial charge in [0.25, 0.3) is 5.56 Å². The topological polar surface area (TPSA) is 71.6 Å². The Bertz CT molecular complexity index is 908. The Labute approximate surface area is 139 Å². The van der Waals surface area contributed by atoms with E-state index in [1.807, 2.05) is 22.9 Å². The van der Waals surface area contributed by atoms with E-state index >= 15 is 0 Å². The summed E-state index contributed by atoms with van der Waals surface area (Å²) < 4.78 is 3.47. The van der Waals surface area contributed by atoms with E-state index in [-0.39, 0.29) is 5.56 Å². The van der Waals surface area contributed by atoms with Crippen molar-refractivity contribution in [2.75, 3.05) is 31.1 Å². The maximum Gasteiger partial charge on any atom is 0.250 e. The first-order valence-electron chi connectivity index (χ1n) is 7.98. The summed E-state index contributed by atoms with van der Waals surface area (Å²) in [6, 6.07) is 3.72. The summed E-state index contributed by atoms with van der Waals surface area (Å²) in [5.41, 5.74) is 1.88. The quantitative estimate of drug-likeness (QED) is 0.682. The fourth-order valence-electron chi connectivity index (χ4n) is 3.03. The number of nitrogens with zero attached hydrogens (tertiary/aromatic N) is 7. The monoisotopic (exact) mass is 325 g/mol. The molecule has 124 valence electrons. The number of aromatic nitrogens is 5. The first-order valence-corrected chi connectivity index (χ1v) is 7.98. The summed E-state index contributed by atoms with van der Waals surface area (Å²) in [5.74, 6) is 0.878. The van der Waals surface area contributed by atoms with Crippen LogP contribution >= 0.6 is 0 Å². The number of aryl methyl sites for hydroxylation is 1. The molecule has 0 aromatic carbocycles. The largest absolute Gasteiger partial charge is 0.351 e. The molecular formula is C16H19N7O. The molecule has 0 amide bonds. The highest BCUT2D eigenvalue weighted by Gasteiger charge is 2.20. The molecule has 4 rings (SSSR count). The summed E-state index contributed by atoms with van der Waals surface area (Å²) >= 11 is 0. The third-order valence-electron chi connectivity index (χ3n) is 4.44. The second kappa shape index (κ2) is 6.04. The van der Waals surface area contributed by atoms with Gasteiger partial charge in [0.2, 0.25) is 5.65 Å². The molecule has 0 aliphatic carbocycles. The lowest BCUT2D eigenvalue weighted by atomic mass is 10.2. The Morgan fingerprint density at radius 3 is 2.79 bits per heavy atom. The van der Waals surface area contributed by atoms with Crippen molar-refractivity contribution in [3.05, 3.63) is 53.0 Å². The van der Waals surface area contributed by atoms with Crippen LogP contribution in [0, 0.1) is 0 Å². The van der Waals surface area contributed by atoms with Crippen LogP contribution in [0.15, 0.2) is 41.8 Å². The smallest absolute Gasteiger partial charge is 0.250 e. The molecule has 3 aromatic heterocycles. The maximum absolute atomic E-state index is 11.7. The molecule has 0 unspecified atom stereocenters. The molecule has 0 N–H and O–H groups in total. The van der Waals surface area contributed by atoms with E-state index in [1.54, 1.807) is 30.2 Å². The predicted octanol–water partition coefficient (Wildman–Crippen LogP) is 0.145. The maximum atomic E-state index is 11.7. The molecule has 4 heterocycles. The molecule has 1 fully saturated rings. The molecule has 8 heteroatoms. The Morgan fingerprint density at radius 1 is 1.17 bits per heavy atom. The van der Waals surface area contributed by atoms with Crippen LogP contribution in [0.2, 0.25) is 0 Å². The molecular weight excluding hydrogens is 306 g/mol. The van der Waals surface area contributed by atoms with Gasteiger partial charge in [0.15, 0.2) is 5.82 Å². The highest BCUT2D eigenvalue weighted by molar-refractivity contribution is 5.63. The molecule has 1 saturated heterocycles. The number of fused-ring (bicyclic) bond motifs is 1. The zero-order valence-corrected chi connectivity index (χ0v) is 13.5. The molecule has 0 atom stereocenters. The number of piperazine rings is 1. The second-order valence-electron chi connectivity index (χ2n) is 6.06. The molecule has 1 aliphatic heterocycles. The Hall–Kier alpha value is -2.74. The first-order chi connectivity index (χ1) is 11.7. The summed E-state index contributed by atoms with van der Waals surface area (Å²) in [6.07, 6.45) is 7.14. The van der Waals surface area contributed by atoms with E-state index in [0.717, 1.165) is 49.8 Å². The van der Waals surface area contributed by atoms with Gasteiger partial charge in [0.1, 0.15) is 6.33 Å². The van der Waals surface area contributed by atoms with Crippen LogP contribution in [0.25, 0.3) is 5.65 Å². The van der Waals surface area contributed by atoms with Gasteiger partial charge in [-0.3, -0.25) is 14.1 Å². The summed E-state index contributed by atoms with van der Waals surface area (Å²) in [5, 5.41) is 8.10. The molecule has 3 aromatic rings. The van der Waals surface area contributed by atoms with Crippen LogP contribution in [-0.2, 0) is 13.6 Å². The minimum Gasteiger partial charge on any atom is -0.351 e. The van der Waals surface area contributed by atoms with Crippen molar-refractivity contribution in [2.24, 2.45) is 7.05 Å². The third kappa shape index (κ3) is 2.76. The van der Waals surface area contributed by atoms with Crippen LogP contribution in [0.1, 0.15) is 5.56 Å². The normalized spacial score (nSPS) is 16.0. The van der Waals surface area contributed by atoms with E-state index in [9.17, 15) is 4.79 Å². The fraction of sp³-hybridized carbons (Fsp3) is 0.375. The molecule has 0 radical (unpaired) electrons. The number of pyridine rings is 1. The van der Waals surface area contributed by atoms with Gasteiger partial charge >= 0.3 is 0 Å². The molecule has 0 spiro atoms. The van der Waals surface area contributed by atoms with Crippen molar-refractivity contribution in [3.63, 3.8) is 0 Å². The van der Waals surface area contributed by atoms with Gasteiger partial charge in [-0.1, -0.05) is 0 Å². The van der Waals surface area contributed by atoms with Crippen molar-refractivity contribution < 1.29 is 0 Å². The van der Waals surface area contributed by atoms with Gasteiger partial charge in [0.05, 0.1) is 0 Å². The second-order valence-corrected chi connectivity index (χ2v) is 6.06. The van der Waals surface area contributed by atoms with Gasteiger partial charge in [-0.05, 0) is 11.6 Å². The van der Waals surface area contributed by atoms with Crippen molar-refractivity contribution in [1.82, 2.24) is 29.0 Å². The van der Waals surface area contributed by atoms with Gasteiger partial charge < -0.3 is 9.47 Å².